The van der Waals surface area contributed by atoms with E-state index in [1.54, 1.807) is 0 Å². The van der Waals surface area contributed by atoms with E-state index in [2.05, 4.69) is 29.2 Å². The molecule has 1 aliphatic rings. The minimum Gasteiger partial charge on any atom is -0.339 e. The van der Waals surface area contributed by atoms with E-state index in [0.29, 0.717) is 17.8 Å². The van der Waals surface area contributed by atoms with Crippen molar-refractivity contribution in [3.63, 3.8) is 0 Å². The Kier molecular flexibility index (Phi) is 3.34. The van der Waals surface area contributed by atoms with E-state index in [0.717, 1.165) is 37.1 Å². The molecule has 2 N–H and O–H groups in total. The standard InChI is InChI=1S/C15H19N3O/c1-10-2-4-11(5-3-10)14-17-15(19-18-14)12-6-8-13(16)9-7-12/h2-5,12-13H,6-9,16H2,1H3. The molecule has 0 spiro atoms. The summed E-state index contributed by atoms with van der Waals surface area (Å²) in [6.45, 7) is 2.07. The first-order chi connectivity index (χ1) is 9.22. The number of aromatic nitrogens is 2. The average molecular weight is 257 g/mol. The molecule has 1 aromatic carbocycles. The maximum absolute atomic E-state index is 5.92. The van der Waals surface area contributed by atoms with Crippen molar-refractivity contribution in [2.75, 3.05) is 0 Å². The average Bonchev–Trinajstić information content (AvgIpc) is 2.90. The topological polar surface area (TPSA) is 64.9 Å². The molecule has 0 aliphatic heterocycles. The van der Waals surface area contributed by atoms with Gasteiger partial charge in [0.15, 0.2) is 0 Å². The maximum Gasteiger partial charge on any atom is 0.230 e. The first-order valence-corrected chi connectivity index (χ1v) is 6.88. The highest BCUT2D eigenvalue weighted by molar-refractivity contribution is 5.54. The summed E-state index contributed by atoms with van der Waals surface area (Å²) in [5.41, 5.74) is 8.16. The molecule has 1 fully saturated rings. The van der Waals surface area contributed by atoms with Gasteiger partial charge in [0.25, 0.3) is 0 Å². The Labute approximate surface area is 113 Å². The van der Waals surface area contributed by atoms with Crippen molar-refractivity contribution >= 4 is 0 Å². The fourth-order valence-corrected chi connectivity index (χ4v) is 2.59. The van der Waals surface area contributed by atoms with Crippen molar-refractivity contribution in [3.05, 3.63) is 35.7 Å². The molecular formula is C15H19N3O. The molecule has 0 amide bonds. The molecule has 2 aromatic rings. The fraction of sp³-hybridized carbons (Fsp3) is 0.467. The lowest BCUT2D eigenvalue weighted by molar-refractivity contribution is 0.301. The summed E-state index contributed by atoms with van der Waals surface area (Å²) in [5.74, 6) is 1.83. The van der Waals surface area contributed by atoms with Crippen LogP contribution in [0.1, 0.15) is 43.1 Å². The summed E-state index contributed by atoms with van der Waals surface area (Å²) < 4.78 is 5.42. The molecular weight excluding hydrogens is 238 g/mol. The lowest BCUT2D eigenvalue weighted by Crippen LogP contribution is -2.25. The Morgan fingerprint density at radius 1 is 1.11 bits per heavy atom. The number of nitrogens with two attached hydrogens (primary N) is 1. The molecule has 19 heavy (non-hydrogen) atoms. The van der Waals surface area contributed by atoms with Gasteiger partial charge in [-0.1, -0.05) is 35.0 Å². The number of benzene rings is 1. The molecule has 1 heterocycles. The van der Waals surface area contributed by atoms with Gasteiger partial charge in [-0.25, -0.2) is 0 Å². The largest absolute Gasteiger partial charge is 0.339 e. The van der Waals surface area contributed by atoms with Gasteiger partial charge in [-0.3, -0.25) is 0 Å². The van der Waals surface area contributed by atoms with Crippen LogP contribution in [0.4, 0.5) is 0 Å². The third-order valence-corrected chi connectivity index (χ3v) is 3.87. The zero-order valence-corrected chi connectivity index (χ0v) is 11.2. The van der Waals surface area contributed by atoms with Crippen LogP contribution in [0.2, 0.25) is 0 Å². The lowest BCUT2D eigenvalue weighted by atomic mass is 9.86. The van der Waals surface area contributed by atoms with E-state index in [1.165, 1.54) is 5.56 Å². The Bertz CT molecular complexity index is 539. The van der Waals surface area contributed by atoms with Crippen LogP contribution in [0.3, 0.4) is 0 Å². The summed E-state index contributed by atoms with van der Waals surface area (Å²) in [7, 11) is 0. The second kappa shape index (κ2) is 5.13. The molecule has 0 atom stereocenters. The minimum atomic E-state index is 0.343. The molecule has 0 saturated heterocycles. The third kappa shape index (κ3) is 2.68. The zero-order chi connectivity index (χ0) is 13.2. The molecule has 3 rings (SSSR count). The Balaban J connectivity index is 1.77. The van der Waals surface area contributed by atoms with Crippen molar-refractivity contribution < 1.29 is 4.52 Å². The molecule has 0 unspecified atom stereocenters. The number of aryl methyl sites for hydroxylation is 1. The van der Waals surface area contributed by atoms with Gasteiger partial charge in [0, 0.05) is 17.5 Å². The second-order valence-corrected chi connectivity index (χ2v) is 5.43. The van der Waals surface area contributed by atoms with Crippen molar-refractivity contribution in [1.82, 2.24) is 10.1 Å². The van der Waals surface area contributed by atoms with Crippen LogP contribution in [-0.2, 0) is 0 Å². The van der Waals surface area contributed by atoms with Crippen LogP contribution in [0.5, 0.6) is 0 Å². The molecule has 1 aliphatic carbocycles. The minimum absolute atomic E-state index is 0.343. The highest BCUT2D eigenvalue weighted by Gasteiger charge is 2.24. The van der Waals surface area contributed by atoms with Crippen molar-refractivity contribution in [3.8, 4) is 11.4 Å². The van der Waals surface area contributed by atoms with Crippen LogP contribution in [0.25, 0.3) is 11.4 Å². The number of rotatable bonds is 2. The van der Waals surface area contributed by atoms with Gasteiger partial charge in [0.05, 0.1) is 0 Å². The molecule has 4 nitrogen and oxygen atoms in total. The second-order valence-electron chi connectivity index (χ2n) is 5.43. The van der Waals surface area contributed by atoms with E-state index in [1.807, 2.05) is 12.1 Å². The van der Waals surface area contributed by atoms with Crippen LogP contribution in [0.15, 0.2) is 28.8 Å². The highest BCUT2D eigenvalue weighted by Crippen LogP contribution is 2.32. The van der Waals surface area contributed by atoms with Crippen molar-refractivity contribution in [2.45, 2.75) is 44.6 Å². The molecule has 0 radical (unpaired) electrons. The summed E-state index contributed by atoms with van der Waals surface area (Å²) in [6.07, 6.45) is 4.20. The Morgan fingerprint density at radius 3 is 2.47 bits per heavy atom. The number of hydrogen-bond donors (Lipinski definition) is 1. The Morgan fingerprint density at radius 2 is 1.79 bits per heavy atom. The molecule has 100 valence electrons. The predicted molar refractivity (Wildman–Crippen MR) is 73.7 cm³/mol. The lowest BCUT2D eigenvalue weighted by Gasteiger charge is -2.22. The van der Waals surface area contributed by atoms with Gasteiger partial charge in [-0.15, -0.1) is 0 Å². The highest BCUT2D eigenvalue weighted by atomic mass is 16.5. The van der Waals surface area contributed by atoms with Crippen LogP contribution >= 0.6 is 0 Å². The first-order valence-electron chi connectivity index (χ1n) is 6.88. The van der Waals surface area contributed by atoms with E-state index in [9.17, 15) is 0 Å². The van der Waals surface area contributed by atoms with Gasteiger partial charge < -0.3 is 10.3 Å². The smallest absolute Gasteiger partial charge is 0.230 e. The van der Waals surface area contributed by atoms with E-state index >= 15 is 0 Å². The zero-order valence-electron chi connectivity index (χ0n) is 11.2. The van der Waals surface area contributed by atoms with Gasteiger partial charge >= 0.3 is 0 Å². The van der Waals surface area contributed by atoms with Crippen LogP contribution < -0.4 is 5.73 Å². The van der Waals surface area contributed by atoms with Gasteiger partial charge in [0.1, 0.15) is 0 Å². The van der Waals surface area contributed by atoms with Crippen LogP contribution in [-0.4, -0.2) is 16.2 Å². The van der Waals surface area contributed by atoms with Gasteiger partial charge in [-0.05, 0) is 32.6 Å². The maximum atomic E-state index is 5.92. The van der Waals surface area contributed by atoms with Crippen molar-refractivity contribution in [1.29, 1.82) is 0 Å². The van der Waals surface area contributed by atoms with E-state index in [4.69, 9.17) is 10.3 Å². The predicted octanol–water partition coefficient (Wildman–Crippen LogP) is 3.03. The fourth-order valence-electron chi connectivity index (χ4n) is 2.59. The monoisotopic (exact) mass is 257 g/mol. The van der Waals surface area contributed by atoms with Gasteiger partial charge in [0.2, 0.25) is 11.7 Å². The normalized spacial score (nSPS) is 23.5. The van der Waals surface area contributed by atoms with Crippen LogP contribution in [0, 0.1) is 6.92 Å². The Hall–Kier alpha value is -1.68. The molecule has 1 aromatic heterocycles. The number of hydrogen-bond acceptors (Lipinski definition) is 4. The molecule has 1 saturated carbocycles. The molecule has 0 bridgehead atoms. The summed E-state index contributed by atoms with van der Waals surface area (Å²) in [4.78, 5) is 4.54. The summed E-state index contributed by atoms with van der Waals surface area (Å²) in [5, 5.41) is 4.09. The van der Waals surface area contributed by atoms with Crippen molar-refractivity contribution in [2.24, 2.45) is 5.73 Å². The SMILES string of the molecule is Cc1ccc(-c2noc(C3CCC(N)CC3)n2)cc1. The summed E-state index contributed by atoms with van der Waals surface area (Å²) in [6, 6.07) is 8.52. The number of nitrogens with zero attached hydrogens (tertiary/aromatic N) is 2. The summed E-state index contributed by atoms with van der Waals surface area (Å²) >= 11 is 0. The quantitative estimate of drug-likeness (QED) is 0.898. The van der Waals surface area contributed by atoms with Gasteiger partial charge in [-0.2, -0.15) is 4.98 Å². The first kappa shape index (κ1) is 12.4. The van der Waals surface area contributed by atoms with E-state index in [-0.39, 0.29) is 0 Å². The third-order valence-electron chi connectivity index (χ3n) is 3.87. The van der Waals surface area contributed by atoms with E-state index < -0.39 is 0 Å². The molecule has 4 heteroatoms.